The normalized spacial score (nSPS) is 23.9. The van der Waals surface area contributed by atoms with Crippen LogP contribution >= 0.6 is 12.2 Å². The van der Waals surface area contributed by atoms with E-state index in [1.807, 2.05) is 0 Å². The molecule has 12 heavy (non-hydrogen) atoms. The van der Waals surface area contributed by atoms with Gasteiger partial charge in [0.1, 0.15) is 0 Å². The Labute approximate surface area is 80.3 Å². The summed E-state index contributed by atoms with van der Waals surface area (Å²) in [5.41, 5.74) is 0. The standard InChI is InChI=1S/C9H18N2S/c1-3-11(2)5-4-8-6-9(12)7-10-8/h8,10H,3-7H2,1-2H3. The number of nitrogens with one attached hydrogen (secondary N) is 1. The molecular weight excluding hydrogens is 168 g/mol. The fourth-order valence-corrected chi connectivity index (χ4v) is 1.70. The third-order valence-corrected chi connectivity index (χ3v) is 2.77. The number of hydrogen-bond acceptors (Lipinski definition) is 3. The summed E-state index contributed by atoms with van der Waals surface area (Å²) < 4.78 is 0. The summed E-state index contributed by atoms with van der Waals surface area (Å²) in [6.45, 7) is 5.45. The molecule has 1 unspecified atom stereocenters. The van der Waals surface area contributed by atoms with Gasteiger partial charge in [-0.1, -0.05) is 19.1 Å². The first-order valence-corrected chi connectivity index (χ1v) is 5.06. The molecule has 1 fully saturated rings. The van der Waals surface area contributed by atoms with Crippen LogP contribution in [-0.2, 0) is 0 Å². The van der Waals surface area contributed by atoms with Crippen molar-refractivity contribution in [3.63, 3.8) is 0 Å². The van der Waals surface area contributed by atoms with E-state index in [9.17, 15) is 0 Å². The fourth-order valence-electron chi connectivity index (χ4n) is 1.42. The van der Waals surface area contributed by atoms with E-state index in [0.29, 0.717) is 6.04 Å². The molecule has 0 spiro atoms. The van der Waals surface area contributed by atoms with E-state index in [-0.39, 0.29) is 0 Å². The summed E-state index contributed by atoms with van der Waals surface area (Å²) in [4.78, 5) is 3.53. The first-order valence-electron chi connectivity index (χ1n) is 4.66. The Morgan fingerprint density at radius 3 is 2.92 bits per heavy atom. The summed E-state index contributed by atoms with van der Waals surface area (Å²) in [6, 6.07) is 0.645. The molecule has 0 aromatic carbocycles. The summed E-state index contributed by atoms with van der Waals surface area (Å²) in [5, 5.41) is 3.42. The van der Waals surface area contributed by atoms with E-state index in [4.69, 9.17) is 12.2 Å². The predicted molar refractivity (Wildman–Crippen MR) is 56.8 cm³/mol. The van der Waals surface area contributed by atoms with Crippen molar-refractivity contribution in [1.82, 2.24) is 10.2 Å². The molecule has 0 aromatic heterocycles. The third kappa shape index (κ3) is 3.17. The Hall–Kier alpha value is 0.01000. The second-order valence-corrected chi connectivity index (χ2v) is 4.08. The van der Waals surface area contributed by atoms with Crippen LogP contribution in [-0.4, -0.2) is 42.5 Å². The summed E-state index contributed by atoms with van der Waals surface area (Å²) in [7, 11) is 2.16. The molecule has 0 saturated carbocycles. The van der Waals surface area contributed by atoms with Gasteiger partial charge in [0.15, 0.2) is 0 Å². The largest absolute Gasteiger partial charge is 0.309 e. The van der Waals surface area contributed by atoms with Gasteiger partial charge in [0.05, 0.1) is 0 Å². The van der Waals surface area contributed by atoms with Gasteiger partial charge in [-0.25, -0.2) is 0 Å². The van der Waals surface area contributed by atoms with Crippen molar-refractivity contribution in [2.24, 2.45) is 0 Å². The topological polar surface area (TPSA) is 15.3 Å². The second-order valence-electron chi connectivity index (χ2n) is 3.51. The molecule has 1 aliphatic rings. The molecule has 1 N–H and O–H groups in total. The van der Waals surface area contributed by atoms with Crippen LogP contribution in [0.1, 0.15) is 19.8 Å². The lowest BCUT2D eigenvalue weighted by molar-refractivity contribution is 0.329. The molecule has 3 heteroatoms. The van der Waals surface area contributed by atoms with Gasteiger partial charge >= 0.3 is 0 Å². The Balaban J connectivity index is 2.11. The first kappa shape index (κ1) is 10.1. The Bertz CT molecular complexity index is 159. The third-order valence-electron chi connectivity index (χ3n) is 2.46. The number of nitrogens with zero attached hydrogens (tertiary/aromatic N) is 1. The average Bonchev–Trinajstić information content (AvgIpc) is 2.47. The van der Waals surface area contributed by atoms with Gasteiger partial charge in [0.2, 0.25) is 0 Å². The van der Waals surface area contributed by atoms with Gasteiger partial charge in [0, 0.05) is 17.5 Å². The minimum atomic E-state index is 0.645. The molecule has 1 saturated heterocycles. The highest BCUT2D eigenvalue weighted by Gasteiger charge is 2.17. The maximum Gasteiger partial charge on any atom is 0.0272 e. The molecule has 1 aliphatic heterocycles. The van der Waals surface area contributed by atoms with Gasteiger partial charge in [0.25, 0.3) is 0 Å². The predicted octanol–water partition coefficient (Wildman–Crippen LogP) is 1.06. The van der Waals surface area contributed by atoms with Crippen molar-refractivity contribution >= 4 is 17.1 Å². The van der Waals surface area contributed by atoms with Crippen LogP contribution in [0.25, 0.3) is 0 Å². The van der Waals surface area contributed by atoms with E-state index in [2.05, 4.69) is 24.2 Å². The van der Waals surface area contributed by atoms with Crippen molar-refractivity contribution in [3.8, 4) is 0 Å². The quantitative estimate of drug-likeness (QED) is 0.661. The first-order chi connectivity index (χ1) is 5.72. The lowest BCUT2D eigenvalue weighted by Gasteiger charge is -2.16. The fraction of sp³-hybridized carbons (Fsp3) is 0.889. The lowest BCUT2D eigenvalue weighted by Crippen LogP contribution is -2.28. The SMILES string of the molecule is CCN(C)CCC1CC(=S)CN1. The number of rotatable bonds is 4. The molecule has 1 rings (SSSR count). The van der Waals surface area contributed by atoms with Crippen molar-refractivity contribution in [2.45, 2.75) is 25.8 Å². The second kappa shape index (κ2) is 4.90. The Kier molecular flexibility index (Phi) is 4.12. The van der Waals surface area contributed by atoms with E-state index in [1.54, 1.807) is 0 Å². The maximum absolute atomic E-state index is 5.13. The highest BCUT2D eigenvalue weighted by atomic mass is 32.1. The Morgan fingerprint density at radius 1 is 1.67 bits per heavy atom. The molecular formula is C9H18N2S. The van der Waals surface area contributed by atoms with Gasteiger partial charge in [-0.15, -0.1) is 0 Å². The van der Waals surface area contributed by atoms with Crippen LogP contribution in [0.2, 0.25) is 0 Å². The minimum Gasteiger partial charge on any atom is -0.309 e. The van der Waals surface area contributed by atoms with Crippen LogP contribution in [0.3, 0.4) is 0 Å². The Morgan fingerprint density at radius 2 is 2.42 bits per heavy atom. The lowest BCUT2D eigenvalue weighted by atomic mass is 10.1. The monoisotopic (exact) mass is 186 g/mol. The molecule has 1 atom stereocenters. The van der Waals surface area contributed by atoms with E-state index < -0.39 is 0 Å². The van der Waals surface area contributed by atoms with Crippen molar-refractivity contribution in [3.05, 3.63) is 0 Å². The minimum absolute atomic E-state index is 0.645. The highest BCUT2D eigenvalue weighted by molar-refractivity contribution is 7.80. The van der Waals surface area contributed by atoms with Crippen LogP contribution < -0.4 is 5.32 Å². The summed E-state index contributed by atoms with van der Waals surface area (Å²) in [6.07, 6.45) is 2.33. The maximum atomic E-state index is 5.13. The average molecular weight is 186 g/mol. The molecule has 0 radical (unpaired) electrons. The van der Waals surface area contributed by atoms with Gasteiger partial charge in [-0.05, 0) is 33.0 Å². The zero-order valence-corrected chi connectivity index (χ0v) is 8.78. The van der Waals surface area contributed by atoms with Crippen molar-refractivity contribution < 1.29 is 0 Å². The van der Waals surface area contributed by atoms with Crippen molar-refractivity contribution in [2.75, 3.05) is 26.7 Å². The van der Waals surface area contributed by atoms with Crippen LogP contribution in [0, 0.1) is 0 Å². The van der Waals surface area contributed by atoms with E-state index >= 15 is 0 Å². The zero-order valence-electron chi connectivity index (χ0n) is 7.97. The molecule has 70 valence electrons. The van der Waals surface area contributed by atoms with Crippen LogP contribution in [0.4, 0.5) is 0 Å². The smallest absolute Gasteiger partial charge is 0.0272 e. The van der Waals surface area contributed by atoms with Crippen molar-refractivity contribution in [1.29, 1.82) is 0 Å². The zero-order chi connectivity index (χ0) is 8.97. The molecule has 0 aliphatic carbocycles. The molecule has 2 nitrogen and oxygen atoms in total. The van der Waals surface area contributed by atoms with Crippen LogP contribution in [0.15, 0.2) is 0 Å². The summed E-state index contributed by atoms with van der Waals surface area (Å²) in [5.74, 6) is 0. The molecule has 0 bridgehead atoms. The van der Waals surface area contributed by atoms with Crippen LogP contribution in [0.5, 0.6) is 0 Å². The number of hydrogen-bond donors (Lipinski definition) is 1. The molecule has 1 heterocycles. The number of thiocarbonyl (C=S) groups is 1. The van der Waals surface area contributed by atoms with Gasteiger partial charge in [-0.2, -0.15) is 0 Å². The highest BCUT2D eigenvalue weighted by Crippen LogP contribution is 2.07. The van der Waals surface area contributed by atoms with E-state index in [1.165, 1.54) is 17.8 Å². The molecule has 0 amide bonds. The molecule has 0 aromatic rings. The van der Waals surface area contributed by atoms with E-state index in [0.717, 1.165) is 19.5 Å². The summed E-state index contributed by atoms with van der Waals surface area (Å²) >= 11 is 5.13. The van der Waals surface area contributed by atoms with Gasteiger partial charge < -0.3 is 10.2 Å². The van der Waals surface area contributed by atoms with Gasteiger partial charge in [-0.3, -0.25) is 0 Å².